The van der Waals surface area contributed by atoms with Crippen molar-refractivity contribution in [2.45, 2.75) is 46.3 Å². The summed E-state index contributed by atoms with van der Waals surface area (Å²) in [5.74, 6) is -0.671. The Bertz CT molecular complexity index is 445. The fourth-order valence-corrected chi connectivity index (χ4v) is 2.14. The minimum atomic E-state index is -0.656. The first kappa shape index (κ1) is 14.7. The van der Waals surface area contributed by atoms with E-state index in [-0.39, 0.29) is 5.91 Å². The molecule has 0 bridgehead atoms. The Labute approximate surface area is 111 Å². The van der Waals surface area contributed by atoms with Crippen LogP contribution in [0.2, 0.25) is 0 Å². The van der Waals surface area contributed by atoms with Gasteiger partial charge in [-0.1, -0.05) is 0 Å². The molecule has 1 amide bonds. The van der Waals surface area contributed by atoms with Crippen LogP contribution in [-0.2, 0) is 9.53 Å². The molecule has 0 saturated carbocycles. The molecular formula is C13H19NO3S. The monoisotopic (exact) mass is 269 g/mol. The molecule has 4 nitrogen and oxygen atoms in total. The third-order valence-electron chi connectivity index (χ3n) is 2.21. The maximum atomic E-state index is 11.9. The Morgan fingerprint density at radius 2 is 1.94 bits per heavy atom. The van der Waals surface area contributed by atoms with Crippen LogP contribution in [0, 0.1) is 6.92 Å². The van der Waals surface area contributed by atoms with Gasteiger partial charge in [0.05, 0.1) is 5.56 Å². The van der Waals surface area contributed by atoms with E-state index in [9.17, 15) is 9.59 Å². The first-order valence-electron chi connectivity index (χ1n) is 5.77. The van der Waals surface area contributed by atoms with Crippen molar-refractivity contribution < 1.29 is 14.3 Å². The third-order valence-corrected chi connectivity index (χ3v) is 3.07. The van der Waals surface area contributed by atoms with E-state index in [1.54, 1.807) is 33.1 Å². The van der Waals surface area contributed by atoms with Crippen LogP contribution in [0.15, 0.2) is 10.8 Å². The van der Waals surface area contributed by atoms with Crippen LogP contribution in [0.1, 0.15) is 43.6 Å². The van der Waals surface area contributed by atoms with Crippen molar-refractivity contribution in [1.29, 1.82) is 0 Å². The fraction of sp³-hybridized carbons (Fsp3) is 0.538. The van der Waals surface area contributed by atoms with Crippen molar-refractivity contribution in [2.75, 3.05) is 0 Å². The van der Waals surface area contributed by atoms with E-state index in [1.165, 1.54) is 11.3 Å². The Morgan fingerprint density at radius 3 is 2.39 bits per heavy atom. The minimum Gasteiger partial charge on any atom is -0.458 e. The number of carbonyl (C=O) groups excluding carboxylic acids is 2. The van der Waals surface area contributed by atoms with Gasteiger partial charge < -0.3 is 10.1 Å². The molecule has 0 aliphatic carbocycles. The molecule has 100 valence electrons. The molecule has 1 atom stereocenters. The van der Waals surface area contributed by atoms with Crippen LogP contribution in [0.5, 0.6) is 0 Å². The maximum absolute atomic E-state index is 11.9. The van der Waals surface area contributed by atoms with E-state index in [1.807, 2.05) is 12.3 Å². The normalized spacial score (nSPS) is 12.9. The number of hydrogen-bond donors (Lipinski definition) is 1. The molecule has 0 unspecified atom stereocenters. The second-order valence-electron chi connectivity index (χ2n) is 5.20. The Kier molecular flexibility index (Phi) is 4.51. The zero-order valence-corrected chi connectivity index (χ0v) is 12.2. The molecule has 0 radical (unpaired) electrons. The van der Waals surface area contributed by atoms with Gasteiger partial charge in [-0.05, 0) is 45.6 Å². The van der Waals surface area contributed by atoms with Gasteiger partial charge in [0.2, 0.25) is 0 Å². The molecule has 0 spiro atoms. The summed E-state index contributed by atoms with van der Waals surface area (Å²) < 4.78 is 5.20. The Morgan fingerprint density at radius 1 is 1.33 bits per heavy atom. The summed E-state index contributed by atoms with van der Waals surface area (Å²) in [6.07, 6.45) is 0. The number of carbonyl (C=O) groups is 2. The highest BCUT2D eigenvalue weighted by atomic mass is 32.1. The lowest BCUT2D eigenvalue weighted by Crippen LogP contribution is -2.42. The average Bonchev–Trinajstić information content (AvgIpc) is 2.61. The number of hydrogen-bond acceptors (Lipinski definition) is 4. The Balaban J connectivity index is 2.60. The number of esters is 1. The molecule has 1 N–H and O–H groups in total. The Hall–Kier alpha value is -1.36. The third kappa shape index (κ3) is 4.14. The molecular weight excluding hydrogens is 250 g/mol. The average molecular weight is 269 g/mol. The maximum Gasteiger partial charge on any atom is 0.328 e. The molecule has 1 aromatic rings. The van der Waals surface area contributed by atoms with Crippen molar-refractivity contribution in [3.63, 3.8) is 0 Å². The van der Waals surface area contributed by atoms with Crippen LogP contribution >= 0.6 is 11.3 Å². The van der Waals surface area contributed by atoms with Gasteiger partial charge in [-0.3, -0.25) is 4.79 Å². The first-order chi connectivity index (χ1) is 8.20. The van der Waals surface area contributed by atoms with Crippen molar-refractivity contribution in [1.82, 2.24) is 5.32 Å². The summed E-state index contributed by atoms with van der Waals surface area (Å²) in [6, 6.07) is -0.656. The highest BCUT2D eigenvalue weighted by Gasteiger charge is 2.23. The van der Waals surface area contributed by atoms with Crippen LogP contribution in [0.4, 0.5) is 0 Å². The van der Waals surface area contributed by atoms with Crippen LogP contribution < -0.4 is 5.32 Å². The summed E-state index contributed by atoms with van der Waals surface area (Å²) in [6.45, 7) is 8.87. The number of aryl methyl sites for hydroxylation is 1. The number of thiophene rings is 1. The lowest BCUT2D eigenvalue weighted by Gasteiger charge is -2.22. The molecule has 1 rings (SSSR count). The van der Waals surface area contributed by atoms with Gasteiger partial charge in [0, 0.05) is 5.38 Å². The largest absolute Gasteiger partial charge is 0.458 e. The summed E-state index contributed by atoms with van der Waals surface area (Å²) in [5, 5.41) is 6.30. The molecule has 5 heteroatoms. The van der Waals surface area contributed by atoms with E-state index >= 15 is 0 Å². The quantitative estimate of drug-likeness (QED) is 0.858. The molecule has 18 heavy (non-hydrogen) atoms. The van der Waals surface area contributed by atoms with Gasteiger partial charge >= 0.3 is 5.97 Å². The smallest absolute Gasteiger partial charge is 0.328 e. The summed E-state index contributed by atoms with van der Waals surface area (Å²) in [7, 11) is 0. The topological polar surface area (TPSA) is 55.4 Å². The first-order valence-corrected chi connectivity index (χ1v) is 6.71. The number of rotatable bonds is 3. The second kappa shape index (κ2) is 5.52. The van der Waals surface area contributed by atoms with Gasteiger partial charge in [0.15, 0.2) is 0 Å². The molecule has 0 aliphatic rings. The predicted molar refractivity (Wildman–Crippen MR) is 71.8 cm³/mol. The minimum absolute atomic E-state index is 0.243. The van der Waals surface area contributed by atoms with Crippen LogP contribution in [-0.4, -0.2) is 23.5 Å². The van der Waals surface area contributed by atoms with Crippen LogP contribution in [0.3, 0.4) is 0 Å². The number of nitrogens with one attached hydrogen (secondary N) is 1. The standard InChI is InChI=1S/C13H19NO3S/c1-8-6-18-7-10(8)11(15)14-9(2)12(16)17-13(3,4)5/h6-7,9H,1-5H3,(H,14,15)/t9-/m0/s1. The predicted octanol–water partition coefficient (Wildman–Crippen LogP) is 2.52. The fourth-order valence-electron chi connectivity index (χ4n) is 1.32. The van der Waals surface area contributed by atoms with Crippen molar-refractivity contribution >= 4 is 23.2 Å². The van der Waals surface area contributed by atoms with Gasteiger partial charge in [0.1, 0.15) is 11.6 Å². The molecule has 1 aromatic heterocycles. The van der Waals surface area contributed by atoms with E-state index in [4.69, 9.17) is 4.74 Å². The summed E-state index contributed by atoms with van der Waals surface area (Å²) >= 11 is 1.46. The van der Waals surface area contributed by atoms with E-state index in [0.717, 1.165) is 5.56 Å². The molecule has 0 saturated heterocycles. The highest BCUT2D eigenvalue weighted by molar-refractivity contribution is 7.08. The zero-order chi connectivity index (χ0) is 13.9. The molecule has 0 fully saturated rings. The number of ether oxygens (including phenoxy) is 1. The SMILES string of the molecule is Cc1cscc1C(=O)N[C@@H](C)C(=O)OC(C)(C)C. The molecule has 0 aromatic carbocycles. The van der Waals surface area contributed by atoms with E-state index in [0.29, 0.717) is 5.56 Å². The van der Waals surface area contributed by atoms with E-state index < -0.39 is 17.6 Å². The summed E-state index contributed by atoms with van der Waals surface area (Å²) in [4.78, 5) is 23.6. The lowest BCUT2D eigenvalue weighted by molar-refractivity contribution is -0.156. The zero-order valence-electron chi connectivity index (χ0n) is 11.4. The van der Waals surface area contributed by atoms with Gasteiger partial charge in [-0.15, -0.1) is 0 Å². The van der Waals surface area contributed by atoms with Gasteiger partial charge in [-0.2, -0.15) is 11.3 Å². The van der Waals surface area contributed by atoms with Crippen molar-refractivity contribution in [3.05, 3.63) is 21.9 Å². The molecule has 0 aliphatic heterocycles. The van der Waals surface area contributed by atoms with Crippen molar-refractivity contribution in [3.8, 4) is 0 Å². The number of amides is 1. The van der Waals surface area contributed by atoms with Crippen molar-refractivity contribution in [2.24, 2.45) is 0 Å². The molecule has 1 heterocycles. The van der Waals surface area contributed by atoms with Crippen LogP contribution in [0.25, 0.3) is 0 Å². The lowest BCUT2D eigenvalue weighted by atomic mass is 10.2. The van der Waals surface area contributed by atoms with Gasteiger partial charge in [-0.25, -0.2) is 4.79 Å². The highest BCUT2D eigenvalue weighted by Crippen LogP contribution is 2.14. The van der Waals surface area contributed by atoms with E-state index in [2.05, 4.69) is 5.32 Å². The van der Waals surface area contributed by atoms with Gasteiger partial charge in [0.25, 0.3) is 5.91 Å². The second-order valence-corrected chi connectivity index (χ2v) is 5.94. The summed E-state index contributed by atoms with van der Waals surface area (Å²) in [5.41, 5.74) is 0.971.